The standard InChI is InChI=1S/C34H53N9O15/c1-16(2)38-19(6-11-27(48)49)30(53)41-21(14-37-33(56)23(13-35)43-24(44)8-9-25(43)45)32(55)40-18(5-10-26(46)47)29(52)36-15-22(34(57)58)42-31(54)20(39-17(3)4)7-12-28(50)51/h8-9,16-23,38-39H,5-7,10-15,35H2,1-4H3,(H,36,52)(H,37,56)(H,40,55)(H,41,53)(H,42,54)(H,46,47)(H,48,49)(H,50,51)(H,57,58)/t18-,19-,20-,21-,22?,23-/m0/s1. The zero-order chi connectivity index (χ0) is 44.3. The fraction of sp³-hybridized carbons (Fsp3) is 0.618. The number of nitrogens with two attached hydrogens (primary N) is 1. The largest absolute Gasteiger partial charge is 0.481 e. The van der Waals surface area contributed by atoms with Crippen LogP contribution in [0.5, 0.6) is 0 Å². The molecular weight excluding hydrogens is 774 g/mol. The second kappa shape index (κ2) is 24.6. The number of carboxylic acids is 4. The van der Waals surface area contributed by atoms with E-state index >= 15 is 0 Å². The Morgan fingerprint density at radius 2 is 0.914 bits per heavy atom. The lowest BCUT2D eigenvalue weighted by atomic mass is 10.1. The Kier molecular flexibility index (Phi) is 21.2. The molecule has 1 aliphatic heterocycles. The molecule has 0 spiro atoms. The third-order valence-corrected chi connectivity index (χ3v) is 8.16. The summed E-state index contributed by atoms with van der Waals surface area (Å²) in [5.41, 5.74) is 5.66. The Bertz CT molecular complexity index is 1570. The first kappa shape index (κ1) is 50.0. The first-order valence-corrected chi connectivity index (χ1v) is 18.2. The van der Waals surface area contributed by atoms with Crippen LogP contribution in [0.2, 0.25) is 0 Å². The SMILES string of the molecule is CC(C)N[C@@H](CCC(=O)O)C(=O)NC(CNC(=O)[C@H](CCC(=O)O)NC(=O)[C@H](CNC(=O)[C@H](CN)N1C(=O)C=CC1=O)NC(=O)[C@H](CCC(=O)O)NC(C)C)C(=O)O. The van der Waals surface area contributed by atoms with Gasteiger partial charge in [0.1, 0.15) is 24.2 Å². The van der Waals surface area contributed by atoms with Crippen molar-refractivity contribution in [1.82, 2.24) is 42.1 Å². The monoisotopic (exact) mass is 827 g/mol. The van der Waals surface area contributed by atoms with Crippen molar-refractivity contribution in [3.8, 4) is 0 Å². The lowest BCUT2D eigenvalue weighted by molar-refractivity contribution is -0.145. The van der Waals surface area contributed by atoms with Gasteiger partial charge in [0.25, 0.3) is 11.8 Å². The summed E-state index contributed by atoms with van der Waals surface area (Å²) >= 11 is 0. The van der Waals surface area contributed by atoms with Crippen LogP contribution >= 0.6 is 0 Å². The molecule has 0 aliphatic carbocycles. The maximum Gasteiger partial charge on any atom is 0.328 e. The van der Waals surface area contributed by atoms with E-state index in [0.717, 1.165) is 12.2 Å². The topological polar surface area (TPSA) is 382 Å². The molecule has 1 heterocycles. The van der Waals surface area contributed by atoms with E-state index in [4.69, 9.17) is 10.8 Å². The first-order chi connectivity index (χ1) is 27.1. The molecule has 0 aromatic rings. The number of rotatable bonds is 28. The molecule has 0 saturated heterocycles. The number of carbonyl (C=O) groups excluding carboxylic acids is 7. The van der Waals surface area contributed by atoms with Crippen LogP contribution in [0.25, 0.3) is 0 Å². The Labute approximate surface area is 332 Å². The summed E-state index contributed by atoms with van der Waals surface area (Å²) in [6.07, 6.45) is -0.831. The number of carboxylic acid groups (broad SMARTS) is 4. The van der Waals surface area contributed by atoms with Crippen LogP contribution in [0, 0.1) is 0 Å². The van der Waals surface area contributed by atoms with Gasteiger partial charge in [0, 0.05) is 63.1 Å². The second-order valence-corrected chi connectivity index (χ2v) is 13.7. The number of carbonyl (C=O) groups is 11. The van der Waals surface area contributed by atoms with Gasteiger partial charge in [-0.05, 0) is 19.3 Å². The van der Waals surface area contributed by atoms with Gasteiger partial charge in [-0.2, -0.15) is 0 Å². The smallest absolute Gasteiger partial charge is 0.328 e. The zero-order valence-corrected chi connectivity index (χ0v) is 32.4. The maximum atomic E-state index is 13.8. The van der Waals surface area contributed by atoms with Crippen molar-refractivity contribution < 1.29 is 73.2 Å². The molecule has 0 fully saturated rings. The molecular formula is C34H53N9O15. The molecule has 24 heteroatoms. The highest BCUT2D eigenvalue weighted by Crippen LogP contribution is 2.10. The van der Waals surface area contributed by atoms with Crippen LogP contribution in [0.4, 0.5) is 0 Å². The fourth-order valence-electron chi connectivity index (χ4n) is 5.38. The lowest BCUT2D eigenvalue weighted by Gasteiger charge is -2.28. The van der Waals surface area contributed by atoms with E-state index in [2.05, 4.69) is 37.2 Å². The maximum absolute atomic E-state index is 13.8. The fourth-order valence-corrected chi connectivity index (χ4v) is 5.38. The number of nitrogens with one attached hydrogen (secondary N) is 7. The molecule has 1 aliphatic rings. The normalized spacial score (nSPS) is 15.5. The molecule has 1 rings (SSSR count). The Morgan fingerprint density at radius 3 is 1.31 bits per heavy atom. The zero-order valence-electron chi connectivity index (χ0n) is 32.4. The summed E-state index contributed by atoms with van der Waals surface area (Å²) in [4.78, 5) is 137. The van der Waals surface area contributed by atoms with Gasteiger partial charge in [0.05, 0.1) is 12.1 Å². The van der Waals surface area contributed by atoms with Gasteiger partial charge in [-0.3, -0.25) is 52.8 Å². The molecule has 0 bridgehead atoms. The van der Waals surface area contributed by atoms with Crippen LogP contribution in [0.1, 0.15) is 66.2 Å². The van der Waals surface area contributed by atoms with E-state index in [1.807, 2.05) is 0 Å². The van der Waals surface area contributed by atoms with E-state index in [1.54, 1.807) is 27.7 Å². The van der Waals surface area contributed by atoms with E-state index in [9.17, 15) is 68.1 Å². The van der Waals surface area contributed by atoms with Crippen LogP contribution in [0.3, 0.4) is 0 Å². The summed E-state index contributed by atoms with van der Waals surface area (Å²) in [6.45, 7) is 4.53. The van der Waals surface area contributed by atoms with Crippen molar-refractivity contribution in [2.75, 3.05) is 19.6 Å². The van der Waals surface area contributed by atoms with Crippen LogP contribution in [0.15, 0.2) is 12.2 Å². The second-order valence-electron chi connectivity index (χ2n) is 13.7. The molecule has 24 nitrogen and oxygen atoms in total. The summed E-state index contributed by atoms with van der Waals surface area (Å²) in [6, 6.07) is -9.84. The third kappa shape index (κ3) is 17.8. The Hall–Kier alpha value is -6.01. The number of hydrogen-bond donors (Lipinski definition) is 12. The number of hydrogen-bond acceptors (Lipinski definition) is 14. The molecule has 0 aromatic heterocycles. The lowest BCUT2D eigenvalue weighted by Crippen LogP contribution is -2.61. The Balaban J connectivity index is 3.36. The van der Waals surface area contributed by atoms with Crippen molar-refractivity contribution in [2.45, 2.75) is 115 Å². The van der Waals surface area contributed by atoms with Gasteiger partial charge in [-0.1, -0.05) is 27.7 Å². The van der Waals surface area contributed by atoms with Crippen molar-refractivity contribution in [3.63, 3.8) is 0 Å². The molecule has 324 valence electrons. The van der Waals surface area contributed by atoms with Crippen molar-refractivity contribution >= 4 is 65.2 Å². The summed E-state index contributed by atoms with van der Waals surface area (Å²) in [7, 11) is 0. The van der Waals surface area contributed by atoms with Gasteiger partial charge >= 0.3 is 23.9 Å². The summed E-state index contributed by atoms with van der Waals surface area (Å²) in [5, 5.41) is 54.3. The van der Waals surface area contributed by atoms with Gasteiger partial charge in [-0.15, -0.1) is 0 Å². The molecule has 7 amide bonds. The van der Waals surface area contributed by atoms with E-state index in [0.29, 0.717) is 4.90 Å². The summed E-state index contributed by atoms with van der Waals surface area (Å²) < 4.78 is 0. The third-order valence-electron chi connectivity index (χ3n) is 8.16. The van der Waals surface area contributed by atoms with Gasteiger partial charge in [0.15, 0.2) is 0 Å². The minimum Gasteiger partial charge on any atom is -0.481 e. The van der Waals surface area contributed by atoms with Gasteiger partial charge < -0.3 is 63.4 Å². The highest BCUT2D eigenvalue weighted by molar-refractivity contribution is 6.15. The van der Waals surface area contributed by atoms with Gasteiger partial charge in [0.2, 0.25) is 29.5 Å². The molecule has 1 unspecified atom stereocenters. The molecule has 6 atom stereocenters. The highest BCUT2D eigenvalue weighted by Gasteiger charge is 2.37. The van der Waals surface area contributed by atoms with Crippen molar-refractivity contribution in [3.05, 3.63) is 12.2 Å². The number of amides is 7. The number of nitrogens with zero attached hydrogens (tertiary/aromatic N) is 1. The van der Waals surface area contributed by atoms with Gasteiger partial charge in [-0.25, -0.2) is 4.79 Å². The average Bonchev–Trinajstić information content (AvgIpc) is 3.45. The predicted molar refractivity (Wildman–Crippen MR) is 198 cm³/mol. The van der Waals surface area contributed by atoms with Crippen molar-refractivity contribution in [1.29, 1.82) is 0 Å². The number of imide groups is 1. The average molecular weight is 828 g/mol. The molecule has 0 saturated carbocycles. The molecule has 13 N–H and O–H groups in total. The quantitative estimate of drug-likeness (QED) is 0.0330. The molecule has 0 aromatic carbocycles. The first-order valence-electron chi connectivity index (χ1n) is 18.2. The minimum atomic E-state index is -1.79. The minimum absolute atomic E-state index is 0.202. The molecule has 58 heavy (non-hydrogen) atoms. The summed E-state index contributed by atoms with van der Waals surface area (Å²) in [5.74, 6) is -12.3. The van der Waals surface area contributed by atoms with Crippen LogP contribution in [-0.2, 0) is 52.7 Å². The van der Waals surface area contributed by atoms with E-state index in [-0.39, 0.29) is 24.9 Å². The molecule has 0 radical (unpaired) electrons. The van der Waals surface area contributed by atoms with Crippen molar-refractivity contribution in [2.24, 2.45) is 5.73 Å². The predicted octanol–water partition coefficient (Wildman–Crippen LogP) is -4.66. The number of aliphatic carboxylic acids is 4. The Morgan fingerprint density at radius 1 is 0.552 bits per heavy atom. The highest BCUT2D eigenvalue weighted by atomic mass is 16.4. The van der Waals surface area contributed by atoms with E-state index < -0.39 is 147 Å². The van der Waals surface area contributed by atoms with E-state index in [1.165, 1.54) is 0 Å². The van der Waals surface area contributed by atoms with Crippen LogP contribution < -0.4 is 43.0 Å². The van der Waals surface area contributed by atoms with Crippen LogP contribution in [-0.4, -0.2) is 159 Å².